The second-order valence-electron chi connectivity index (χ2n) is 3.23. The van der Waals surface area contributed by atoms with Crippen LogP contribution >= 0.6 is 31.9 Å². The second-order valence-corrected chi connectivity index (χ2v) is 6.29. The molecule has 0 atom stereocenters. The number of rotatable bonds is 5. The molecule has 0 aliphatic rings. The van der Waals surface area contributed by atoms with Crippen molar-refractivity contribution < 1.29 is 14.4 Å². The van der Waals surface area contributed by atoms with Gasteiger partial charge in [0.15, 0.2) is 5.71 Å². The number of carbonyl (C=O) groups excluding carboxylic acids is 1. The van der Waals surface area contributed by atoms with Crippen LogP contribution in [0.3, 0.4) is 0 Å². The molecule has 0 fully saturated rings. The molecule has 0 radical (unpaired) electrons. The van der Waals surface area contributed by atoms with Crippen LogP contribution in [0.1, 0.15) is 21.8 Å². The highest BCUT2D eigenvalue weighted by Gasteiger charge is 2.21. The standard InChI is InChI=1S/C12H13Br2NO3/c1-3-18-12(16)10(15-17-2)8-6-4-5-7-9(8)11(13)14/h4-7,11H,3H2,1-2H3. The van der Waals surface area contributed by atoms with Gasteiger partial charge >= 0.3 is 5.97 Å². The van der Waals surface area contributed by atoms with Gasteiger partial charge in [-0.15, -0.1) is 0 Å². The first-order chi connectivity index (χ1) is 8.61. The fourth-order valence-corrected chi connectivity index (χ4v) is 2.19. The van der Waals surface area contributed by atoms with Gasteiger partial charge in [0.05, 0.1) is 10.3 Å². The molecule has 1 rings (SSSR count). The Morgan fingerprint density at radius 1 is 1.39 bits per heavy atom. The Balaban J connectivity index is 3.22. The molecule has 4 nitrogen and oxygen atoms in total. The average Bonchev–Trinajstić information content (AvgIpc) is 2.36. The Bertz CT molecular complexity index is 447. The van der Waals surface area contributed by atoms with Gasteiger partial charge in [0.2, 0.25) is 0 Å². The van der Waals surface area contributed by atoms with E-state index in [1.165, 1.54) is 7.11 Å². The summed E-state index contributed by atoms with van der Waals surface area (Å²) in [5.74, 6) is -0.507. The molecule has 0 amide bonds. The third kappa shape index (κ3) is 3.81. The van der Waals surface area contributed by atoms with E-state index in [0.717, 1.165) is 5.56 Å². The normalized spacial score (nSPS) is 11.5. The third-order valence-corrected chi connectivity index (χ3v) is 3.09. The Hall–Kier alpha value is -0.880. The van der Waals surface area contributed by atoms with Crippen molar-refractivity contribution in [2.75, 3.05) is 13.7 Å². The summed E-state index contributed by atoms with van der Waals surface area (Å²) < 4.78 is 4.88. The van der Waals surface area contributed by atoms with Crippen LogP contribution < -0.4 is 0 Å². The van der Waals surface area contributed by atoms with Gasteiger partial charge in [-0.3, -0.25) is 0 Å². The summed E-state index contributed by atoms with van der Waals surface area (Å²) in [6.07, 6.45) is 0. The van der Waals surface area contributed by atoms with Gasteiger partial charge in [-0.05, 0) is 12.5 Å². The number of esters is 1. The SMILES string of the molecule is CCOC(=O)C(=NOC)c1ccccc1C(Br)Br. The average molecular weight is 379 g/mol. The van der Waals surface area contributed by atoms with Gasteiger partial charge in [-0.1, -0.05) is 61.3 Å². The van der Waals surface area contributed by atoms with Gasteiger partial charge in [-0.2, -0.15) is 0 Å². The summed E-state index contributed by atoms with van der Waals surface area (Å²) in [7, 11) is 1.39. The van der Waals surface area contributed by atoms with Crippen LogP contribution in [0.4, 0.5) is 0 Å². The van der Waals surface area contributed by atoms with Crippen LogP contribution in [0.2, 0.25) is 0 Å². The Morgan fingerprint density at radius 3 is 2.61 bits per heavy atom. The van der Waals surface area contributed by atoms with Crippen molar-refractivity contribution in [2.24, 2.45) is 5.16 Å². The van der Waals surface area contributed by atoms with E-state index < -0.39 is 5.97 Å². The lowest BCUT2D eigenvalue weighted by Crippen LogP contribution is -2.20. The minimum absolute atomic E-state index is 0.0855. The predicted molar refractivity (Wildman–Crippen MR) is 77.2 cm³/mol. The molecule has 98 valence electrons. The number of hydrogen-bond donors (Lipinski definition) is 0. The van der Waals surface area contributed by atoms with E-state index in [1.807, 2.05) is 18.2 Å². The third-order valence-electron chi connectivity index (χ3n) is 2.10. The predicted octanol–water partition coefficient (Wildman–Crippen LogP) is 3.39. The van der Waals surface area contributed by atoms with Crippen LogP contribution in [0.5, 0.6) is 0 Å². The Labute approximate surface area is 123 Å². The van der Waals surface area contributed by atoms with Crippen molar-refractivity contribution in [3.05, 3.63) is 35.4 Å². The summed E-state index contributed by atoms with van der Waals surface area (Å²) in [5, 5.41) is 3.76. The lowest BCUT2D eigenvalue weighted by atomic mass is 10.0. The number of alkyl halides is 2. The molecule has 18 heavy (non-hydrogen) atoms. The van der Waals surface area contributed by atoms with Crippen LogP contribution in [0.25, 0.3) is 0 Å². The largest absolute Gasteiger partial charge is 0.461 e. The first kappa shape index (κ1) is 15.2. The summed E-state index contributed by atoms with van der Waals surface area (Å²) in [5.41, 5.74) is 1.69. The molecular formula is C12H13Br2NO3. The van der Waals surface area contributed by atoms with E-state index in [9.17, 15) is 4.79 Å². The zero-order valence-electron chi connectivity index (χ0n) is 10.0. The number of hydrogen-bond acceptors (Lipinski definition) is 4. The lowest BCUT2D eigenvalue weighted by molar-refractivity contribution is -0.135. The van der Waals surface area contributed by atoms with E-state index >= 15 is 0 Å². The molecule has 0 aromatic heterocycles. The summed E-state index contributed by atoms with van der Waals surface area (Å²) in [4.78, 5) is 16.6. The number of halogens is 2. The van der Waals surface area contributed by atoms with Gasteiger partial charge in [0, 0.05) is 5.56 Å². The molecule has 0 saturated carbocycles. The smallest absolute Gasteiger partial charge is 0.361 e. The molecule has 0 heterocycles. The lowest BCUT2D eigenvalue weighted by Gasteiger charge is -2.11. The molecule has 0 bridgehead atoms. The second kappa shape index (κ2) is 7.53. The molecule has 1 aromatic rings. The fraction of sp³-hybridized carbons (Fsp3) is 0.333. The molecule has 0 unspecified atom stereocenters. The number of carbonyl (C=O) groups is 1. The first-order valence-corrected chi connectivity index (χ1v) is 7.10. The maximum absolute atomic E-state index is 11.8. The quantitative estimate of drug-likeness (QED) is 0.341. The van der Waals surface area contributed by atoms with Crippen molar-refractivity contribution in [1.82, 2.24) is 0 Å². The minimum Gasteiger partial charge on any atom is -0.461 e. The van der Waals surface area contributed by atoms with Gasteiger partial charge in [0.25, 0.3) is 0 Å². The van der Waals surface area contributed by atoms with Crippen molar-refractivity contribution in [3.8, 4) is 0 Å². The van der Waals surface area contributed by atoms with Crippen molar-refractivity contribution in [2.45, 2.75) is 10.7 Å². The van der Waals surface area contributed by atoms with Gasteiger partial charge < -0.3 is 9.57 Å². The van der Waals surface area contributed by atoms with E-state index in [0.29, 0.717) is 5.56 Å². The molecule has 0 saturated heterocycles. The molecule has 0 aliphatic heterocycles. The highest BCUT2D eigenvalue weighted by atomic mass is 79.9. The number of oxime groups is 1. The van der Waals surface area contributed by atoms with Crippen molar-refractivity contribution >= 4 is 43.5 Å². The van der Waals surface area contributed by atoms with E-state index in [2.05, 4.69) is 37.0 Å². The van der Waals surface area contributed by atoms with Gasteiger partial charge in [0.1, 0.15) is 7.11 Å². The topological polar surface area (TPSA) is 47.9 Å². The van der Waals surface area contributed by atoms with Crippen molar-refractivity contribution in [3.63, 3.8) is 0 Å². The van der Waals surface area contributed by atoms with E-state index in [4.69, 9.17) is 9.57 Å². The molecular weight excluding hydrogens is 366 g/mol. The van der Waals surface area contributed by atoms with E-state index in [-0.39, 0.29) is 16.1 Å². The van der Waals surface area contributed by atoms with Gasteiger partial charge in [-0.25, -0.2) is 4.79 Å². The fourth-order valence-electron chi connectivity index (χ4n) is 1.39. The maximum atomic E-state index is 11.8. The molecule has 0 spiro atoms. The zero-order chi connectivity index (χ0) is 13.5. The van der Waals surface area contributed by atoms with Crippen LogP contribution in [-0.2, 0) is 14.4 Å². The van der Waals surface area contributed by atoms with E-state index in [1.54, 1.807) is 13.0 Å². The molecule has 0 N–H and O–H groups in total. The molecule has 6 heteroatoms. The number of ether oxygens (including phenoxy) is 1. The zero-order valence-corrected chi connectivity index (χ0v) is 13.2. The Morgan fingerprint density at radius 2 is 2.06 bits per heavy atom. The van der Waals surface area contributed by atoms with Crippen LogP contribution in [0, 0.1) is 0 Å². The Kier molecular flexibility index (Phi) is 6.35. The van der Waals surface area contributed by atoms with Crippen LogP contribution in [-0.4, -0.2) is 25.4 Å². The maximum Gasteiger partial charge on any atom is 0.361 e. The highest BCUT2D eigenvalue weighted by molar-refractivity contribution is 9.24. The summed E-state index contributed by atoms with van der Waals surface area (Å²) in [6, 6.07) is 7.38. The van der Waals surface area contributed by atoms with Crippen molar-refractivity contribution in [1.29, 1.82) is 0 Å². The monoisotopic (exact) mass is 377 g/mol. The highest BCUT2D eigenvalue weighted by Crippen LogP contribution is 2.32. The molecule has 1 aromatic carbocycles. The number of nitrogens with zero attached hydrogens (tertiary/aromatic N) is 1. The molecule has 0 aliphatic carbocycles. The number of benzene rings is 1. The first-order valence-electron chi connectivity index (χ1n) is 5.27. The minimum atomic E-state index is -0.507. The summed E-state index contributed by atoms with van der Waals surface area (Å²) in [6.45, 7) is 2.03. The van der Waals surface area contributed by atoms with Crippen LogP contribution in [0.15, 0.2) is 29.4 Å². The summed E-state index contributed by atoms with van der Waals surface area (Å²) >= 11 is 6.82.